The second-order valence-electron chi connectivity index (χ2n) is 5.91. The number of halogens is 1. The smallest absolute Gasteiger partial charge is 0.407 e. The third-order valence-electron chi connectivity index (χ3n) is 2.94. The molecule has 0 aliphatic carbocycles. The summed E-state index contributed by atoms with van der Waals surface area (Å²) in [5.41, 5.74) is -0.507. The number of aromatic nitrogens is 1. The molecule has 1 aliphatic heterocycles. The average Bonchev–Trinajstić information content (AvgIpc) is 2.74. The molecule has 1 fully saturated rings. The highest BCUT2D eigenvalue weighted by molar-refractivity contribution is 5.68. The number of amides is 1. The summed E-state index contributed by atoms with van der Waals surface area (Å²) in [6.07, 6.45) is 1.81. The molecule has 1 aliphatic rings. The minimum Gasteiger partial charge on any atom is -0.444 e. The summed E-state index contributed by atoms with van der Waals surface area (Å²) >= 11 is 0. The number of alkyl carbamates (subject to hydrolysis) is 1. The summed E-state index contributed by atoms with van der Waals surface area (Å²) in [7, 11) is 0. The fraction of sp³-hybridized carbons (Fsp3) is 0.571. The molecule has 0 bridgehead atoms. The number of carbonyl (C=O) groups is 1. The molecule has 2 rings (SSSR count). The minimum absolute atomic E-state index is 0.00471. The third kappa shape index (κ3) is 4.08. The van der Waals surface area contributed by atoms with Crippen LogP contribution in [0.4, 0.5) is 15.0 Å². The Bertz CT molecular complexity index is 488. The number of hydrogen-bond donors (Lipinski definition) is 1. The lowest BCUT2D eigenvalue weighted by molar-refractivity contribution is 0.0509. The summed E-state index contributed by atoms with van der Waals surface area (Å²) in [6, 6.07) is 2.71. The maximum Gasteiger partial charge on any atom is 0.407 e. The third-order valence-corrected chi connectivity index (χ3v) is 2.94. The summed E-state index contributed by atoms with van der Waals surface area (Å²) in [6.45, 7) is 6.81. The predicted molar refractivity (Wildman–Crippen MR) is 74.2 cm³/mol. The molecular formula is C14H20FN3O2. The first-order valence-electron chi connectivity index (χ1n) is 6.69. The lowest BCUT2D eigenvalue weighted by Gasteiger charge is -2.22. The van der Waals surface area contributed by atoms with Crippen molar-refractivity contribution in [3.8, 4) is 0 Å². The molecule has 0 saturated carbocycles. The molecule has 1 aromatic heterocycles. The average molecular weight is 281 g/mol. The summed E-state index contributed by atoms with van der Waals surface area (Å²) in [5, 5.41) is 2.83. The first-order chi connectivity index (χ1) is 9.33. The van der Waals surface area contributed by atoms with Crippen LogP contribution in [0.5, 0.6) is 0 Å². The van der Waals surface area contributed by atoms with Gasteiger partial charge in [-0.15, -0.1) is 0 Å². The SMILES string of the molecule is CC(C)(C)OC(=O)NC1CCN(c2cc(F)ccn2)C1. The van der Waals surface area contributed by atoms with E-state index in [0.29, 0.717) is 12.4 Å². The molecule has 20 heavy (non-hydrogen) atoms. The highest BCUT2D eigenvalue weighted by Gasteiger charge is 2.26. The maximum atomic E-state index is 13.2. The van der Waals surface area contributed by atoms with Crippen LogP contribution in [0.1, 0.15) is 27.2 Å². The number of ether oxygens (including phenoxy) is 1. The fourth-order valence-corrected chi connectivity index (χ4v) is 2.13. The molecule has 0 spiro atoms. The standard InChI is InChI=1S/C14H20FN3O2/c1-14(2,3)20-13(19)17-11-5-7-18(9-11)12-8-10(15)4-6-16-12/h4,6,8,11H,5,7,9H2,1-3H3,(H,17,19). The van der Waals surface area contributed by atoms with Crippen molar-refractivity contribution in [2.75, 3.05) is 18.0 Å². The van der Waals surface area contributed by atoms with Crippen molar-refractivity contribution < 1.29 is 13.9 Å². The zero-order valence-electron chi connectivity index (χ0n) is 12.0. The van der Waals surface area contributed by atoms with E-state index in [9.17, 15) is 9.18 Å². The maximum absolute atomic E-state index is 13.2. The van der Waals surface area contributed by atoms with Crippen molar-refractivity contribution in [3.05, 3.63) is 24.1 Å². The lowest BCUT2D eigenvalue weighted by atomic mass is 10.2. The van der Waals surface area contributed by atoms with Crippen LogP contribution in [0, 0.1) is 5.82 Å². The number of rotatable bonds is 2. The Hall–Kier alpha value is -1.85. The number of anilines is 1. The monoisotopic (exact) mass is 281 g/mol. The van der Waals surface area contributed by atoms with E-state index in [-0.39, 0.29) is 11.9 Å². The quantitative estimate of drug-likeness (QED) is 0.904. The van der Waals surface area contributed by atoms with Gasteiger partial charge < -0.3 is 15.0 Å². The molecular weight excluding hydrogens is 261 g/mol. The van der Waals surface area contributed by atoms with Crippen LogP contribution in [-0.4, -0.2) is 35.8 Å². The van der Waals surface area contributed by atoms with Gasteiger partial charge in [0.25, 0.3) is 0 Å². The zero-order valence-corrected chi connectivity index (χ0v) is 12.0. The van der Waals surface area contributed by atoms with Crippen LogP contribution in [0.15, 0.2) is 18.3 Å². The molecule has 1 saturated heterocycles. The van der Waals surface area contributed by atoms with E-state index in [1.165, 1.54) is 18.3 Å². The molecule has 0 radical (unpaired) electrons. The summed E-state index contributed by atoms with van der Waals surface area (Å²) in [5.74, 6) is 0.289. The van der Waals surface area contributed by atoms with Crippen molar-refractivity contribution in [1.82, 2.24) is 10.3 Å². The molecule has 1 N–H and O–H groups in total. The van der Waals surface area contributed by atoms with Gasteiger partial charge in [-0.25, -0.2) is 14.2 Å². The first kappa shape index (κ1) is 14.6. The van der Waals surface area contributed by atoms with Gasteiger partial charge in [0, 0.05) is 25.4 Å². The number of carbonyl (C=O) groups excluding carboxylic acids is 1. The van der Waals surface area contributed by atoms with Gasteiger partial charge in [-0.3, -0.25) is 0 Å². The molecule has 0 aromatic carbocycles. The Kier molecular flexibility index (Phi) is 4.11. The molecule has 1 unspecified atom stereocenters. The van der Waals surface area contributed by atoms with Crippen LogP contribution in [0.3, 0.4) is 0 Å². The second-order valence-corrected chi connectivity index (χ2v) is 5.91. The lowest BCUT2D eigenvalue weighted by Crippen LogP contribution is -2.40. The Morgan fingerprint density at radius 1 is 1.55 bits per heavy atom. The van der Waals surface area contributed by atoms with Gasteiger partial charge in [-0.05, 0) is 33.3 Å². The normalized spacial score (nSPS) is 19.0. The predicted octanol–water partition coefficient (Wildman–Crippen LogP) is 2.32. The molecule has 1 aromatic rings. The van der Waals surface area contributed by atoms with Crippen LogP contribution in [-0.2, 0) is 4.74 Å². The largest absolute Gasteiger partial charge is 0.444 e. The molecule has 1 amide bonds. The van der Waals surface area contributed by atoms with Gasteiger partial charge >= 0.3 is 6.09 Å². The molecule has 2 heterocycles. The van der Waals surface area contributed by atoms with E-state index < -0.39 is 11.7 Å². The second kappa shape index (κ2) is 5.64. The molecule has 6 heteroatoms. The van der Waals surface area contributed by atoms with Gasteiger partial charge in [0.05, 0.1) is 6.04 Å². The van der Waals surface area contributed by atoms with E-state index in [1.807, 2.05) is 25.7 Å². The summed E-state index contributed by atoms with van der Waals surface area (Å²) in [4.78, 5) is 17.8. The van der Waals surface area contributed by atoms with Crippen molar-refractivity contribution in [2.24, 2.45) is 0 Å². The number of nitrogens with zero attached hydrogens (tertiary/aromatic N) is 2. The van der Waals surface area contributed by atoms with Crippen LogP contribution in [0.2, 0.25) is 0 Å². The Labute approximate surface area is 118 Å². The molecule has 5 nitrogen and oxygen atoms in total. The van der Waals surface area contributed by atoms with E-state index in [1.54, 1.807) is 0 Å². The van der Waals surface area contributed by atoms with Gasteiger partial charge in [-0.2, -0.15) is 0 Å². The van der Waals surface area contributed by atoms with Crippen molar-refractivity contribution >= 4 is 11.9 Å². The van der Waals surface area contributed by atoms with Gasteiger partial charge in [-0.1, -0.05) is 0 Å². The van der Waals surface area contributed by atoms with Crippen molar-refractivity contribution in [1.29, 1.82) is 0 Å². The minimum atomic E-state index is -0.507. The van der Waals surface area contributed by atoms with Gasteiger partial charge in [0.15, 0.2) is 0 Å². The first-order valence-corrected chi connectivity index (χ1v) is 6.69. The van der Waals surface area contributed by atoms with Gasteiger partial charge in [0.1, 0.15) is 17.2 Å². The topological polar surface area (TPSA) is 54.5 Å². The number of hydrogen-bond acceptors (Lipinski definition) is 4. The highest BCUT2D eigenvalue weighted by atomic mass is 19.1. The van der Waals surface area contributed by atoms with Crippen LogP contribution >= 0.6 is 0 Å². The Balaban J connectivity index is 1.88. The molecule has 1 atom stereocenters. The fourth-order valence-electron chi connectivity index (χ4n) is 2.13. The van der Waals surface area contributed by atoms with E-state index in [2.05, 4.69) is 10.3 Å². The Morgan fingerprint density at radius 3 is 2.95 bits per heavy atom. The van der Waals surface area contributed by atoms with Crippen LogP contribution < -0.4 is 10.2 Å². The Morgan fingerprint density at radius 2 is 2.30 bits per heavy atom. The van der Waals surface area contributed by atoms with E-state index in [4.69, 9.17) is 4.74 Å². The van der Waals surface area contributed by atoms with Crippen molar-refractivity contribution in [3.63, 3.8) is 0 Å². The molecule has 110 valence electrons. The van der Waals surface area contributed by atoms with E-state index in [0.717, 1.165) is 13.0 Å². The van der Waals surface area contributed by atoms with Gasteiger partial charge in [0.2, 0.25) is 0 Å². The number of pyridine rings is 1. The van der Waals surface area contributed by atoms with Crippen molar-refractivity contribution in [2.45, 2.75) is 38.8 Å². The summed E-state index contributed by atoms with van der Waals surface area (Å²) < 4.78 is 18.4. The zero-order chi connectivity index (χ0) is 14.8. The van der Waals surface area contributed by atoms with E-state index >= 15 is 0 Å². The van der Waals surface area contributed by atoms with Crippen LogP contribution in [0.25, 0.3) is 0 Å². The number of nitrogens with one attached hydrogen (secondary N) is 1. The highest BCUT2D eigenvalue weighted by Crippen LogP contribution is 2.19.